The number of hydrogen-bond acceptors (Lipinski definition) is 4. The smallest absolute Gasteiger partial charge is 0.223 e. The van der Waals surface area contributed by atoms with Crippen molar-refractivity contribution in [1.29, 1.82) is 0 Å². The van der Waals surface area contributed by atoms with Crippen LogP contribution in [0.1, 0.15) is 32.6 Å². The highest BCUT2D eigenvalue weighted by Gasteiger charge is 2.29. The average molecular weight is 467 g/mol. The van der Waals surface area contributed by atoms with E-state index in [1.807, 2.05) is 0 Å². The molecule has 3 N–H and O–H groups in total. The van der Waals surface area contributed by atoms with Gasteiger partial charge in [0.25, 0.3) is 0 Å². The molecular formula is C17H34IN5O2. The van der Waals surface area contributed by atoms with Gasteiger partial charge in [-0.2, -0.15) is 0 Å². The van der Waals surface area contributed by atoms with Gasteiger partial charge in [0.2, 0.25) is 5.91 Å². The van der Waals surface area contributed by atoms with Gasteiger partial charge in [-0.05, 0) is 32.6 Å². The summed E-state index contributed by atoms with van der Waals surface area (Å²) in [5, 5.41) is 9.49. The Morgan fingerprint density at radius 2 is 1.84 bits per heavy atom. The van der Waals surface area contributed by atoms with Gasteiger partial charge >= 0.3 is 0 Å². The third-order valence-corrected chi connectivity index (χ3v) is 4.31. The number of amides is 1. The second-order valence-corrected chi connectivity index (χ2v) is 6.51. The van der Waals surface area contributed by atoms with E-state index in [9.17, 15) is 4.79 Å². The highest BCUT2D eigenvalue weighted by molar-refractivity contribution is 14.0. The molecule has 8 heteroatoms. The monoisotopic (exact) mass is 467 g/mol. The van der Waals surface area contributed by atoms with Crippen molar-refractivity contribution in [3.05, 3.63) is 0 Å². The molecule has 0 bridgehead atoms. The molecule has 0 saturated heterocycles. The number of methoxy groups -OCH3 is 1. The fraction of sp³-hybridized carbons (Fsp3) is 0.882. The predicted molar refractivity (Wildman–Crippen MR) is 112 cm³/mol. The summed E-state index contributed by atoms with van der Waals surface area (Å²) >= 11 is 0. The molecule has 0 radical (unpaired) electrons. The van der Waals surface area contributed by atoms with Crippen LogP contribution in [0.5, 0.6) is 0 Å². The van der Waals surface area contributed by atoms with Crippen LogP contribution in [0.25, 0.3) is 0 Å². The molecule has 0 aromatic rings. The van der Waals surface area contributed by atoms with E-state index in [2.05, 4.69) is 32.8 Å². The van der Waals surface area contributed by atoms with Crippen LogP contribution in [-0.2, 0) is 9.53 Å². The number of rotatable bonds is 12. The maximum absolute atomic E-state index is 11.6. The summed E-state index contributed by atoms with van der Waals surface area (Å²) in [5.74, 6) is 1.28. The van der Waals surface area contributed by atoms with E-state index in [-0.39, 0.29) is 35.8 Å². The first-order valence-corrected chi connectivity index (χ1v) is 9.27. The number of ether oxygens (including phenoxy) is 1. The standard InChI is InChI=1S/C17H33N5O2.HI/c1-3-18-17(20-9-8-19-16(23)14-4-5-14)21-10-11-22(12-13-24-2)15-6-7-15;/h14-15H,3-13H2,1-2H3,(H,19,23)(H2,18,20,21);1H. The number of hydrogen-bond donors (Lipinski definition) is 3. The Morgan fingerprint density at radius 1 is 1.12 bits per heavy atom. The van der Waals surface area contributed by atoms with E-state index in [1.54, 1.807) is 7.11 Å². The lowest BCUT2D eigenvalue weighted by atomic mass is 10.4. The van der Waals surface area contributed by atoms with Gasteiger partial charge in [0.15, 0.2) is 5.96 Å². The van der Waals surface area contributed by atoms with Crippen LogP contribution in [0, 0.1) is 5.92 Å². The van der Waals surface area contributed by atoms with Crippen LogP contribution in [0.3, 0.4) is 0 Å². The van der Waals surface area contributed by atoms with E-state index < -0.39 is 0 Å². The highest BCUT2D eigenvalue weighted by atomic mass is 127. The quantitative estimate of drug-likeness (QED) is 0.171. The minimum atomic E-state index is 0. The molecule has 146 valence electrons. The number of nitrogens with zero attached hydrogens (tertiary/aromatic N) is 2. The number of carbonyl (C=O) groups is 1. The minimum Gasteiger partial charge on any atom is -0.383 e. The molecule has 0 atom stereocenters. The Balaban J connectivity index is 0.00000312. The zero-order valence-electron chi connectivity index (χ0n) is 15.6. The highest BCUT2D eigenvalue weighted by Crippen LogP contribution is 2.28. The number of nitrogens with one attached hydrogen (secondary N) is 3. The molecule has 2 rings (SSSR count). The van der Waals surface area contributed by atoms with Crippen LogP contribution in [0.4, 0.5) is 0 Å². The summed E-state index contributed by atoms with van der Waals surface area (Å²) in [6, 6.07) is 0.725. The Hall–Kier alpha value is -0.610. The largest absolute Gasteiger partial charge is 0.383 e. The lowest BCUT2D eigenvalue weighted by Gasteiger charge is -2.20. The normalized spacial score (nSPS) is 17.2. The molecule has 0 spiro atoms. The van der Waals surface area contributed by atoms with Gasteiger partial charge in [0.05, 0.1) is 13.2 Å². The Morgan fingerprint density at radius 3 is 2.44 bits per heavy atom. The van der Waals surface area contributed by atoms with Crippen molar-refractivity contribution in [3.63, 3.8) is 0 Å². The van der Waals surface area contributed by atoms with Crippen LogP contribution < -0.4 is 16.0 Å². The van der Waals surface area contributed by atoms with Crippen LogP contribution in [0.2, 0.25) is 0 Å². The van der Waals surface area contributed by atoms with E-state index in [1.165, 1.54) is 12.8 Å². The molecule has 2 fully saturated rings. The van der Waals surface area contributed by atoms with E-state index >= 15 is 0 Å². The maximum atomic E-state index is 11.6. The molecule has 2 saturated carbocycles. The van der Waals surface area contributed by atoms with Gasteiger partial charge in [-0.25, -0.2) is 0 Å². The minimum absolute atomic E-state index is 0. The first-order valence-electron chi connectivity index (χ1n) is 9.27. The summed E-state index contributed by atoms with van der Waals surface area (Å²) < 4.78 is 5.19. The van der Waals surface area contributed by atoms with Crippen molar-refractivity contribution >= 4 is 35.8 Å². The fourth-order valence-electron chi connectivity index (χ4n) is 2.61. The summed E-state index contributed by atoms with van der Waals surface area (Å²) in [6.45, 7) is 7.71. The summed E-state index contributed by atoms with van der Waals surface area (Å²) in [6.07, 6.45) is 4.69. The summed E-state index contributed by atoms with van der Waals surface area (Å²) in [5.41, 5.74) is 0. The van der Waals surface area contributed by atoms with E-state index in [4.69, 9.17) is 4.74 Å². The Kier molecular flexibility index (Phi) is 11.4. The number of guanidine groups is 1. The molecule has 0 aromatic heterocycles. The van der Waals surface area contributed by atoms with Crippen molar-refractivity contribution in [2.45, 2.75) is 38.6 Å². The zero-order chi connectivity index (χ0) is 17.2. The van der Waals surface area contributed by atoms with E-state index in [0.29, 0.717) is 13.1 Å². The van der Waals surface area contributed by atoms with Crippen LogP contribution >= 0.6 is 24.0 Å². The van der Waals surface area contributed by atoms with Crippen molar-refractivity contribution in [2.75, 3.05) is 53.0 Å². The molecule has 7 nitrogen and oxygen atoms in total. The average Bonchev–Trinajstić information content (AvgIpc) is 3.46. The van der Waals surface area contributed by atoms with Gasteiger partial charge in [0, 0.05) is 51.8 Å². The second kappa shape index (κ2) is 12.7. The third kappa shape index (κ3) is 9.60. The molecular weight excluding hydrogens is 433 g/mol. The van der Waals surface area contributed by atoms with Crippen LogP contribution in [-0.4, -0.2) is 75.8 Å². The van der Waals surface area contributed by atoms with Crippen molar-refractivity contribution in [2.24, 2.45) is 10.9 Å². The first kappa shape index (κ1) is 22.4. The van der Waals surface area contributed by atoms with Crippen molar-refractivity contribution in [3.8, 4) is 0 Å². The summed E-state index contributed by atoms with van der Waals surface area (Å²) in [4.78, 5) is 18.7. The molecule has 1 amide bonds. The molecule has 2 aliphatic carbocycles. The number of halogens is 1. The molecule has 0 heterocycles. The zero-order valence-corrected chi connectivity index (χ0v) is 17.9. The van der Waals surface area contributed by atoms with Crippen LogP contribution in [0.15, 0.2) is 4.99 Å². The summed E-state index contributed by atoms with van der Waals surface area (Å²) in [7, 11) is 1.75. The SMILES string of the molecule is CCNC(=NCCN(CCOC)C1CC1)NCCNC(=O)C1CC1.I. The van der Waals surface area contributed by atoms with Crippen molar-refractivity contribution < 1.29 is 9.53 Å². The Labute approximate surface area is 168 Å². The lowest BCUT2D eigenvalue weighted by molar-refractivity contribution is -0.122. The van der Waals surface area contributed by atoms with Gasteiger partial charge in [0.1, 0.15) is 0 Å². The second-order valence-electron chi connectivity index (χ2n) is 6.51. The third-order valence-electron chi connectivity index (χ3n) is 4.31. The predicted octanol–water partition coefficient (Wildman–Crippen LogP) is 0.797. The Bertz CT molecular complexity index is 414. The maximum Gasteiger partial charge on any atom is 0.223 e. The van der Waals surface area contributed by atoms with Gasteiger partial charge in [-0.1, -0.05) is 0 Å². The van der Waals surface area contributed by atoms with Gasteiger partial charge < -0.3 is 20.7 Å². The molecule has 25 heavy (non-hydrogen) atoms. The molecule has 0 aliphatic heterocycles. The number of aliphatic imine (C=N–C) groups is 1. The van der Waals surface area contributed by atoms with Gasteiger partial charge in [-0.15, -0.1) is 24.0 Å². The molecule has 0 aromatic carbocycles. The van der Waals surface area contributed by atoms with Crippen molar-refractivity contribution in [1.82, 2.24) is 20.9 Å². The fourth-order valence-corrected chi connectivity index (χ4v) is 2.61. The topological polar surface area (TPSA) is 78.0 Å². The lowest BCUT2D eigenvalue weighted by Crippen LogP contribution is -2.42. The molecule has 0 unspecified atom stereocenters. The molecule has 2 aliphatic rings. The van der Waals surface area contributed by atoms with Gasteiger partial charge in [-0.3, -0.25) is 14.7 Å². The first-order chi connectivity index (χ1) is 11.7. The number of carbonyl (C=O) groups excluding carboxylic acids is 1. The van der Waals surface area contributed by atoms with E-state index in [0.717, 1.165) is 57.6 Å².